The zero-order valence-corrected chi connectivity index (χ0v) is 32.1. The molecule has 4 aliphatic rings. The molecule has 0 N–H and O–H groups in total. The molecule has 53 heavy (non-hydrogen) atoms. The Morgan fingerprint density at radius 3 is 1.23 bits per heavy atom. The number of carbonyl (C=O) groups is 1. The SMILES string of the molecule is CC(=O)[O][In]1[n]2c3ccc2C(c2ccccc2)=C2C=CC(=N2)C(c2ccccc2)=c2ccc([n]21)=C(c1ccccc1)C1=NC(=C3c2ccccc2)C=C1. The molecule has 6 heterocycles. The van der Waals surface area contributed by atoms with Crippen molar-refractivity contribution in [2.45, 2.75) is 6.92 Å². The monoisotopic (exact) mass is 786 g/mol. The number of hydrogen-bond acceptors (Lipinski definition) is 4. The van der Waals surface area contributed by atoms with Gasteiger partial charge in [-0.25, -0.2) is 0 Å². The van der Waals surface area contributed by atoms with Crippen LogP contribution in [0.4, 0.5) is 0 Å². The van der Waals surface area contributed by atoms with E-state index in [0.29, 0.717) is 0 Å². The number of aromatic nitrogens is 2. The molecule has 250 valence electrons. The fourth-order valence-electron chi connectivity index (χ4n) is 7.97. The minimum absolute atomic E-state index is 0.307. The van der Waals surface area contributed by atoms with Crippen LogP contribution >= 0.6 is 0 Å². The number of benzene rings is 4. The fourth-order valence-corrected chi connectivity index (χ4v) is 15.2. The fraction of sp³-hybridized carbons (Fsp3) is 0.0217. The van der Waals surface area contributed by atoms with Crippen molar-refractivity contribution in [3.63, 3.8) is 0 Å². The van der Waals surface area contributed by atoms with Crippen molar-refractivity contribution in [2.24, 2.45) is 9.98 Å². The first-order valence-electron chi connectivity index (χ1n) is 17.7. The summed E-state index contributed by atoms with van der Waals surface area (Å²) in [5.41, 5.74) is 13.4. The van der Waals surface area contributed by atoms with E-state index in [-0.39, 0.29) is 5.97 Å². The van der Waals surface area contributed by atoms with Crippen LogP contribution in [0, 0.1) is 0 Å². The molecule has 6 aromatic rings. The topological polar surface area (TPSA) is 60.9 Å². The molecule has 0 saturated carbocycles. The van der Waals surface area contributed by atoms with Gasteiger partial charge in [0.2, 0.25) is 0 Å². The molecule has 7 heteroatoms. The van der Waals surface area contributed by atoms with Crippen LogP contribution in [0.2, 0.25) is 0 Å². The van der Waals surface area contributed by atoms with E-state index in [4.69, 9.17) is 12.8 Å². The summed E-state index contributed by atoms with van der Waals surface area (Å²) in [4.78, 5) is 24.5. The van der Waals surface area contributed by atoms with E-state index in [0.717, 1.165) is 89.4 Å². The first-order chi connectivity index (χ1) is 26.1. The predicted octanol–water partition coefficient (Wildman–Crippen LogP) is 7.20. The average Bonchev–Trinajstić information content (AvgIpc) is 4.02. The van der Waals surface area contributed by atoms with E-state index < -0.39 is 22.4 Å². The van der Waals surface area contributed by atoms with Crippen LogP contribution < -0.4 is 10.7 Å². The second kappa shape index (κ2) is 12.8. The molecule has 0 aliphatic carbocycles. The van der Waals surface area contributed by atoms with Crippen LogP contribution in [0.25, 0.3) is 22.3 Å². The Kier molecular flexibility index (Phi) is 7.62. The second-order valence-electron chi connectivity index (χ2n) is 13.3. The van der Waals surface area contributed by atoms with Crippen molar-refractivity contribution in [3.8, 4) is 0 Å². The Labute approximate surface area is 315 Å². The van der Waals surface area contributed by atoms with Crippen LogP contribution in [0.1, 0.15) is 40.6 Å². The molecule has 0 amide bonds. The quantitative estimate of drug-likeness (QED) is 0.186. The van der Waals surface area contributed by atoms with Gasteiger partial charge in [0.05, 0.1) is 0 Å². The predicted molar refractivity (Wildman–Crippen MR) is 212 cm³/mol. The van der Waals surface area contributed by atoms with Gasteiger partial charge in [0.15, 0.2) is 0 Å². The molecule has 0 fully saturated rings. The van der Waals surface area contributed by atoms with E-state index in [1.165, 1.54) is 6.92 Å². The Morgan fingerprint density at radius 2 is 0.849 bits per heavy atom. The molecule has 0 radical (unpaired) electrons. The van der Waals surface area contributed by atoms with Gasteiger partial charge in [-0.05, 0) is 0 Å². The van der Waals surface area contributed by atoms with Gasteiger partial charge in [-0.2, -0.15) is 0 Å². The van der Waals surface area contributed by atoms with E-state index in [1.54, 1.807) is 0 Å². The zero-order chi connectivity index (χ0) is 35.5. The van der Waals surface area contributed by atoms with Crippen molar-refractivity contribution < 1.29 is 7.65 Å². The molecular formula is C46H31InN4O2. The third-order valence-corrected chi connectivity index (χ3v) is 17.4. The summed E-state index contributed by atoms with van der Waals surface area (Å²) >= 11 is -4.19. The standard InChI is InChI=1S/C44H28N4.C2H4O2.In/c1-5-13-29(14-6-1)41-33-21-23-35(45-33)42(30-15-7-2-8-16-30)37-25-27-39(47-37)44(32-19-11-4-12-20-32)40-28-26-38(48-40)43(31-17-9-3-10-18-31)36-24-22-34(41)46-36;1-2(3)4;/h1-28H;1H3,(H,3,4);/q-2;;+3/p-1. The van der Waals surface area contributed by atoms with Crippen molar-refractivity contribution >= 4 is 62.1 Å². The maximum absolute atomic E-state index is 13.6. The van der Waals surface area contributed by atoms with E-state index in [1.807, 2.05) is 24.3 Å². The number of hydrogen-bond donors (Lipinski definition) is 0. The van der Waals surface area contributed by atoms with Crippen molar-refractivity contribution in [3.05, 3.63) is 226 Å². The summed E-state index contributed by atoms with van der Waals surface area (Å²) in [6.45, 7) is 1.54. The van der Waals surface area contributed by atoms with Gasteiger partial charge in [-0.3, -0.25) is 0 Å². The molecule has 6 nitrogen and oxygen atoms in total. The number of rotatable bonds is 5. The second-order valence-corrected chi connectivity index (χ2v) is 18.8. The first-order valence-corrected chi connectivity index (χ1v) is 22.0. The Bertz CT molecular complexity index is 2620. The molecule has 0 atom stereocenters. The number of carbonyl (C=O) groups excluding carboxylic acids is 1. The molecule has 4 aromatic carbocycles. The number of aliphatic imine (C=N–C) groups is 2. The summed E-state index contributed by atoms with van der Waals surface area (Å²) in [6.07, 6.45) is 8.50. The zero-order valence-electron chi connectivity index (χ0n) is 28.8. The van der Waals surface area contributed by atoms with Crippen molar-refractivity contribution in [1.82, 2.24) is 5.11 Å². The van der Waals surface area contributed by atoms with Crippen molar-refractivity contribution in [2.75, 3.05) is 0 Å². The van der Waals surface area contributed by atoms with Crippen LogP contribution in [0.3, 0.4) is 0 Å². The van der Waals surface area contributed by atoms with E-state index >= 15 is 0 Å². The van der Waals surface area contributed by atoms with Gasteiger partial charge in [-0.15, -0.1) is 0 Å². The summed E-state index contributed by atoms with van der Waals surface area (Å²) < 4.78 is 11.6. The molecule has 0 saturated heterocycles. The summed E-state index contributed by atoms with van der Waals surface area (Å²) in [5.74, 6) is -0.307. The number of fused-ring (bicyclic) bond motifs is 2. The number of nitrogens with zero attached hydrogens (tertiary/aromatic N) is 4. The van der Waals surface area contributed by atoms with E-state index in [9.17, 15) is 4.79 Å². The van der Waals surface area contributed by atoms with Gasteiger partial charge in [0.1, 0.15) is 0 Å². The number of allylic oxidation sites excluding steroid dienone is 4. The summed E-state index contributed by atoms with van der Waals surface area (Å²) in [7, 11) is 0. The maximum atomic E-state index is 13.6. The minimum atomic E-state index is -4.19. The molecule has 4 aliphatic heterocycles. The molecule has 2 aromatic heterocycles. The van der Waals surface area contributed by atoms with Gasteiger partial charge < -0.3 is 0 Å². The average molecular weight is 787 g/mol. The van der Waals surface area contributed by atoms with Crippen molar-refractivity contribution in [1.29, 1.82) is 0 Å². The van der Waals surface area contributed by atoms with Gasteiger partial charge in [0.25, 0.3) is 0 Å². The van der Waals surface area contributed by atoms with Gasteiger partial charge in [0, 0.05) is 0 Å². The Balaban J connectivity index is 1.48. The van der Waals surface area contributed by atoms with E-state index in [2.05, 4.69) is 151 Å². The molecule has 6 bridgehead atoms. The first kappa shape index (κ1) is 31.5. The van der Waals surface area contributed by atoms with Crippen LogP contribution in [-0.2, 0) is 7.65 Å². The molecule has 0 unspecified atom stereocenters. The Hall–Kier alpha value is -6.18. The van der Waals surface area contributed by atoms with Gasteiger partial charge in [-0.1, -0.05) is 0 Å². The van der Waals surface area contributed by atoms with Gasteiger partial charge >= 0.3 is 317 Å². The third kappa shape index (κ3) is 5.22. The normalized spacial score (nSPS) is 15.5. The summed E-state index contributed by atoms with van der Waals surface area (Å²) in [5, 5.41) is 1.91. The summed E-state index contributed by atoms with van der Waals surface area (Å²) in [6, 6.07) is 50.4. The van der Waals surface area contributed by atoms with Crippen LogP contribution in [0.15, 0.2) is 191 Å². The molecule has 10 rings (SSSR count). The molecule has 0 spiro atoms. The molecular weight excluding hydrogens is 755 g/mol. The van der Waals surface area contributed by atoms with Crippen LogP contribution in [-0.4, -0.2) is 45.0 Å². The Morgan fingerprint density at radius 1 is 0.472 bits per heavy atom. The third-order valence-electron chi connectivity index (χ3n) is 10.1. The van der Waals surface area contributed by atoms with Crippen LogP contribution in [0.5, 0.6) is 0 Å².